The molecular formula is C18H23N5O2S. The van der Waals surface area contributed by atoms with Crippen LogP contribution in [0.3, 0.4) is 0 Å². The highest BCUT2D eigenvalue weighted by atomic mass is 32.1. The van der Waals surface area contributed by atoms with Crippen molar-refractivity contribution in [2.24, 2.45) is 5.92 Å². The van der Waals surface area contributed by atoms with E-state index < -0.39 is 0 Å². The van der Waals surface area contributed by atoms with E-state index in [2.05, 4.69) is 40.4 Å². The second-order valence-electron chi connectivity index (χ2n) is 6.73. The maximum atomic E-state index is 11.9. The summed E-state index contributed by atoms with van der Waals surface area (Å²) in [4.78, 5) is 17.6. The number of fused-ring (bicyclic) bond motifs is 1. The lowest BCUT2D eigenvalue weighted by Crippen LogP contribution is -2.27. The quantitative estimate of drug-likeness (QED) is 0.663. The van der Waals surface area contributed by atoms with E-state index in [1.165, 1.54) is 16.2 Å². The molecule has 0 bridgehead atoms. The van der Waals surface area contributed by atoms with Crippen LogP contribution in [0.4, 0.5) is 10.9 Å². The molecule has 1 amide bonds. The van der Waals surface area contributed by atoms with Gasteiger partial charge in [-0.15, -0.1) is 11.3 Å². The van der Waals surface area contributed by atoms with E-state index in [0.29, 0.717) is 17.5 Å². The molecule has 0 unspecified atom stereocenters. The second-order valence-corrected chi connectivity index (χ2v) is 7.62. The van der Waals surface area contributed by atoms with Crippen LogP contribution in [0.1, 0.15) is 19.4 Å². The molecule has 3 aromatic rings. The Balaban J connectivity index is 1.96. The molecule has 0 fully saturated rings. The van der Waals surface area contributed by atoms with Crippen molar-refractivity contribution in [3.63, 3.8) is 0 Å². The first-order valence-electron chi connectivity index (χ1n) is 8.44. The maximum absolute atomic E-state index is 11.9. The zero-order valence-electron chi connectivity index (χ0n) is 15.4. The van der Waals surface area contributed by atoms with Gasteiger partial charge in [0.1, 0.15) is 11.3 Å². The normalized spacial score (nSPS) is 11.1. The first kappa shape index (κ1) is 18.2. The van der Waals surface area contributed by atoms with E-state index in [9.17, 15) is 4.79 Å². The van der Waals surface area contributed by atoms with Gasteiger partial charge in [0.2, 0.25) is 0 Å². The summed E-state index contributed by atoms with van der Waals surface area (Å²) in [7, 11) is 3.42. The Morgan fingerprint density at radius 3 is 2.85 bits per heavy atom. The van der Waals surface area contributed by atoms with Gasteiger partial charge in [-0.1, -0.05) is 13.8 Å². The number of anilines is 2. The third-order valence-electron chi connectivity index (χ3n) is 3.85. The van der Waals surface area contributed by atoms with Crippen LogP contribution in [0.5, 0.6) is 5.75 Å². The fourth-order valence-corrected chi connectivity index (χ4v) is 3.13. The number of likely N-dealkylation sites (N-methyl/N-ethyl adjacent to an activating group) is 1. The minimum absolute atomic E-state index is 0.0124. The third-order valence-corrected chi connectivity index (χ3v) is 4.54. The first-order chi connectivity index (χ1) is 12.4. The van der Waals surface area contributed by atoms with Crippen LogP contribution < -0.4 is 10.1 Å². The molecule has 0 saturated heterocycles. The average molecular weight is 373 g/mol. The molecule has 0 saturated carbocycles. The molecule has 3 rings (SSSR count). The van der Waals surface area contributed by atoms with E-state index in [1.54, 1.807) is 20.3 Å². The van der Waals surface area contributed by atoms with Gasteiger partial charge >= 0.3 is 0 Å². The number of thiazole rings is 1. The van der Waals surface area contributed by atoms with E-state index in [0.717, 1.165) is 28.0 Å². The number of H-pyrrole nitrogens is 1. The standard InChI is InChI=1S/C18H23N5O2S/c1-11(2)7-12-8-13-16(14(9-12)25-10-15(24)23(3)4)21-22-17(13)20-18-19-5-6-26-18/h5-6,8-9,11H,7,10H2,1-4H3,(H2,19,20,21,22). The number of ether oxygens (including phenoxy) is 1. The van der Waals surface area contributed by atoms with E-state index in [-0.39, 0.29) is 12.5 Å². The Hall–Kier alpha value is -2.61. The maximum Gasteiger partial charge on any atom is 0.259 e. The molecule has 2 N–H and O–H groups in total. The Morgan fingerprint density at radius 1 is 1.38 bits per heavy atom. The van der Waals surface area contributed by atoms with Gasteiger partial charge in [0.05, 0.1) is 0 Å². The topological polar surface area (TPSA) is 83.1 Å². The predicted octanol–water partition coefficient (Wildman–Crippen LogP) is 3.43. The molecule has 8 heteroatoms. The first-order valence-corrected chi connectivity index (χ1v) is 9.32. The minimum atomic E-state index is -0.0898. The number of carbonyl (C=O) groups excluding carboxylic acids is 1. The van der Waals surface area contributed by atoms with Gasteiger partial charge in [-0.3, -0.25) is 9.89 Å². The molecular weight excluding hydrogens is 350 g/mol. The van der Waals surface area contributed by atoms with E-state index in [4.69, 9.17) is 4.74 Å². The highest BCUT2D eigenvalue weighted by Crippen LogP contribution is 2.33. The summed E-state index contributed by atoms with van der Waals surface area (Å²) in [5.74, 6) is 1.75. The van der Waals surface area contributed by atoms with Gasteiger partial charge in [-0.05, 0) is 30.0 Å². The van der Waals surface area contributed by atoms with Gasteiger partial charge in [-0.25, -0.2) is 4.98 Å². The van der Waals surface area contributed by atoms with Crippen molar-refractivity contribution < 1.29 is 9.53 Å². The van der Waals surface area contributed by atoms with Crippen LogP contribution in [-0.2, 0) is 11.2 Å². The number of rotatable bonds is 7. The molecule has 0 aliphatic heterocycles. The number of nitrogens with one attached hydrogen (secondary N) is 2. The smallest absolute Gasteiger partial charge is 0.259 e. The van der Waals surface area contributed by atoms with Gasteiger partial charge in [0.15, 0.2) is 17.6 Å². The lowest BCUT2D eigenvalue weighted by molar-refractivity contribution is -0.130. The molecule has 26 heavy (non-hydrogen) atoms. The van der Waals surface area contributed by atoms with Gasteiger partial charge in [-0.2, -0.15) is 5.10 Å². The number of hydrogen-bond donors (Lipinski definition) is 2. The van der Waals surface area contributed by atoms with Crippen LogP contribution in [0.2, 0.25) is 0 Å². The summed E-state index contributed by atoms with van der Waals surface area (Å²) in [6, 6.07) is 4.09. The Bertz CT molecular complexity index is 887. The predicted molar refractivity (Wildman–Crippen MR) is 104 cm³/mol. The highest BCUT2D eigenvalue weighted by molar-refractivity contribution is 7.13. The summed E-state index contributed by atoms with van der Waals surface area (Å²) in [5, 5.41) is 14.2. The molecule has 0 aliphatic carbocycles. The number of benzene rings is 1. The van der Waals surface area contributed by atoms with E-state index >= 15 is 0 Å². The number of amides is 1. The van der Waals surface area contributed by atoms with Crippen molar-refractivity contribution in [2.45, 2.75) is 20.3 Å². The van der Waals surface area contributed by atoms with Crippen molar-refractivity contribution in [3.8, 4) is 5.75 Å². The number of aromatic nitrogens is 3. The Labute approximate surface area is 156 Å². The van der Waals surface area contributed by atoms with Crippen LogP contribution in [0, 0.1) is 5.92 Å². The fourth-order valence-electron chi connectivity index (χ4n) is 2.60. The molecule has 2 heterocycles. The third kappa shape index (κ3) is 4.13. The summed E-state index contributed by atoms with van der Waals surface area (Å²) in [6.07, 6.45) is 2.66. The number of carbonyl (C=O) groups is 1. The zero-order chi connectivity index (χ0) is 18.7. The average Bonchev–Trinajstić information content (AvgIpc) is 3.22. The Kier molecular flexibility index (Phi) is 5.41. The Morgan fingerprint density at radius 2 is 2.19 bits per heavy atom. The van der Waals surface area contributed by atoms with Crippen molar-refractivity contribution in [1.82, 2.24) is 20.1 Å². The van der Waals surface area contributed by atoms with Crippen LogP contribution in [0.25, 0.3) is 10.9 Å². The van der Waals surface area contributed by atoms with Crippen LogP contribution in [-0.4, -0.2) is 46.7 Å². The zero-order valence-corrected chi connectivity index (χ0v) is 16.2. The highest BCUT2D eigenvalue weighted by Gasteiger charge is 2.15. The van der Waals surface area contributed by atoms with Gasteiger partial charge < -0.3 is 15.0 Å². The number of nitrogens with zero attached hydrogens (tertiary/aromatic N) is 3. The van der Waals surface area contributed by atoms with Crippen molar-refractivity contribution in [3.05, 3.63) is 29.3 Å². The molecule has 1 aromatic carbocycles. The molecule has 0 radical (unpaired) electrons. The number of aromatic amines is 1. The largest absolute Gasteiger partial charge is 0.481 e. The number of hydrogen-bond acceptors (Lipinski definition) is 6. The second kappa shape index (κ2) is 7.74. The fraction of sp³-hybridized carbons (Fsp3) is 0.389. The summed E-state index contributed by atoms with van der Waals surface area (Å²) in [6.45, 7) is 4.33. The molecule has 138 valence electrons. The van der Waals surface area contributed by atoms with Crippen LogP contribution in [0.15, 0.2) is 23.7 Å². The monoisotopic (exact) mass is 373 g/mol. The summed E-state index contributed by atoms with van der Waals surface area (Å²) < 4.78 is 5.81. The summed E-state index contributed by atoms with van der Waals surface area (Å²) in [5.41, 5.74) is 1.91. The lowest BCUT2D eigenvalue weighted by Gasteiger charge is -2.13. The van der Waals surface area contributed by atoms with Crippen LogP contribution >= 0.6 is 11.3 Å². The van der Waals surface area contributed by atoms with Crippen molar-refractivity contribution in [2.75, 3.05) is 26.0 Å². The van der Waals surface area contributed by atoms with Gasteiger partial charge in [0.25, 0.3) is 5.91 Å². The minimum Gasteiger partial charge on any atom is -0.481 e. The molecule has 0 atom stereocenters. The molecule has 0 aliphatic rings. The van der Waals surface area contributed by atoms with Gasteiger partial charge in [0, 0.05) is 31.1 Å². The molecule has 2 aromatic heterocycles. The molecule has 0 spiro atoms. The lowest BCUT2D eigenvalue weighted by atomic mass is 10.0. The van der Waals surface area contributed by atoms with Crippen molar-refractivity contribution >= 4 is 39.1 Å². The van der Waals surface area contributed by atoms with Crippen molar-refractivity contribution in [1.29, 1.82) is 0 Å². The summed E-state index contributed by atoms with van der Waals surface area (Å²) >= 11 is 1.51. The van der Waals surface area contributed by atoms with E-state index in [1.807, 2.05) is 11.4 Å². The molecule has 7 nitrogen and oxygen atoms in total. The SMILES string of the molecule is CC(C)Cc1cc(OCC(=O)N(C)C)c2[nH]nc(Nc3nccs3)c2c1.